The SMILES string of the molecule is N#Cc1cccc(Nc2ccc(N)c3nonc23)c1. The first kappa shape index (κ1) is 11.0. The number of nitrogen functional groups attached to an aromatic ring is 1. The number of nitrogens with zero attached hydrogens (tertiary/aromatic N) is 3. The summed E-state index contributed by atoms with van der Waals surface area (Å²) in [6, 6.07) is 12.7. The molecule has 0 unspecified atom stereocenters. The smallest absolute Gasteiger partial charge is 0.160 e. The molecule has 0 atom stereocenters. The van der Waals surface area contributed by atoms with Gasteiger partial charge in [0.25, 0.3) is 0 Å². The lowest BCUT2D eigenvalue weighted by atomic mass is 10.2. The minimum atomic E-state index is 0.507. The quantitative estimate of drug-likeness (QED) is 0.678. The van der Waals surface area contributed by atoms with Crippen LogP contribution in [0.4, 0.5) is 17.1 Å². The summed E-state index contributed by atoms with van der Waals surface area (Å²) in [6.45, 7) is 0. The van der Waals surface area contributed by atoms with E-state index in [4.69, 9.17) is 15.6 Å². The minimum Gasteiger partial charge on any atom is -0.397 e. The molecule has 0 radical (unpaired) electrons. The van der Waals surface area contributed by atoms with Crippen molar-refractivity contribution in [1.82, 2.24) is 10.3 Å². The number of nitrogens with one attached hydrogen (secondary N) is 1. The van der Waals surface area contributed by atoms with Crippen LogP contribution in [-0.4, -0.2) is 10.3 Å². The van der Waals surface area contributed by atoms with E-state index < -0.39 is 0 Å². The van der Waals surface area contributed by atoms with Crippen LogP contribution < -0.4 is 11.1 Å². The fourth-order valence-corrected chi connectivity index (χ4v) is 1.81. The lowest BCUT2D eigenvalue weighted by Gasteiger charge is -2.07. The Balaban J connectivity index is 2.04. The Kier molecular flexibility index (Phi) is 2.50. The van der Waals surface area contributed by atoms with Crippen LogP contribution in [-0.2, 0) is 0 Å². The Labute approximate surface area is 108 Å². The van der Waals surface area contributed by atoms with Gasteiger partial charge in [0.15, 0.2) is 11.0 Å². The Hall–Kier alpha value is -3.07. The van der Waals surface area contributed by atoms with Gasteiger partial charge in [0.1, 0.15) is 0 Å². The monoisotopic (exact) mass is 251 g/mol. The van der Waals surface area contributed by atoms with E-state index in [2.05, 4.69) is 21.7 Å². The van der Waals surface area contributed by atoms with Crippen LogP contribution in [0, 0.1) is 11.3 Å². The van der Waals surface area contributed by atoms with Gasteiger partial charge in [0.2, 0.25) is 0 Å². The van der Waals surface area contributed by atoms with Crippen molar-refractivity contribution in [3.63, 3.8) is 0 Å². The van der Waals surface area contributed by atoms with Gasteiger partial charge in [-0.3, -0.25) is 0 Å². The number of nitriles is 1. The van der Waals surface area contributed by atoms with Gasteiger partial charge in [-0.25, -0.2) is 4.63 Å². The zero-order valence-electron chi connectivity index (χ0n) is 9.79. The number of hydrogen-bond donors (Lipinski definition) is 2. The molecule has 0 aliphatic rings. The standard InChI is InChI=1S/C13H9N5O/c14-7-8-2-1-3-9(6-8)16-11-5-4-10(15)12-13(11)18-19-17-12/h1-6,16H,15H2. The fraction of sp³-hybridized carbons (Fsp3) is 0. The number of nitrogens with two attached hydrogens (primary N) is 1. The molecule has 0 aliphatic carbocycles. The zero-order valence-corrected chi connectivity index (χ0v) is 9.79. The van der Waals surface area contributed by atoms with E-state index in [-0.39, 0.29) is 0 Å². The average Bonchev–Trinajstić information content (AvgIpc) is 2.93. The maximum absolute atomic E-state index is 8.87. The highest BCUT2D eigenvalue weighted by Gasteiger charge is 2.10. The summed E-state index contributed by atoms with van der Waals surface area (Å²) in [5, 5.41) is 19.6. The third kappa shape index (κ3) is 1.93. The third-order valence-electron chi connectivity index (χ3n) is 2.72. The topological polar surface area (TPSA) is 101 Å². The molecule has 3 aromatic rings. The highest BCUT2D eigenvalue weighted by Crippen LogP contribution is 2.27. The van der Waals surface area contributed by atoms with Crippen LogP contribution in [0.25, 0.3) is 11.0 Å². The third-order valence-corrected chi connectivity index (χ3v) is 2.72. The molecule has 0 fully saturated rings. The average molecular weight is 251 g/mol. The maximum Gasteiger partial charge on any atom is 0.160 e. The Morgan fingerprint density at radius 1 is 1.16 bits per heavy atom. The first-order chi connectivity index (χ1) is 9.28. The molecule has 0 spiro atoms. The Morgan fingerprint density at radius 3 is 2.84 bits per heavy atom. The van der Waals surface area contributed by atoms with Gasteiger partial charge in [0.05, 0.1) is 23.0 Å². The van der Waals surface area contributed by atoms with E-state index in [0.717, 1.165) is 11.4 Å². The maximum atomic E-state index is 8.87. The van der Waals surface area contributed by atoms with E-state index in [1.165, 1.54) is 0 Å². The molecular formula is C13H9N5O. The van der Waals surface area contributed by atoms with Crippen LogP contribution >= 0.6 is 0 Å². The lowest BCUT2D eigenvalue weighted by Crippen LogP contribution is -1.94. The molecule has 3 N–H and O–H groups in total. The van der Waals surface area contributed by atoms with E-state index in [0.29, 0.717) is 22.3 Å². The van der Waals surface area contributed by atoms with Crippen molar-refractivity contribution in [1.29, 1.82) is 5.26 Å². The molecule has 0 saturated carbocycles. The second-order valence-electron chi connectivity index (χ2n) is 3.98. The van der Waals surface area contributed by atoms with Crippen molar-refractivity contribution in [2.75, 3.05) is 11.1 Å². The van der Waals surface area contributed by atoms with Crippen molar-refractivity contribution in [2.45, 2.75) is 0 Å². The molecule has 6 nitrogen and oxygen atoms in total. The van der Waals surface area contributed by atoms with Gasteiger partial charge in [-0.15, -0.1) is 0 Å². The number of anilines is 3. The molecule has 1 heterocycles. The number of benzene rings is 2. The predicted molar refractivity (Wildman–Crippen MR) is 70.7 cm³/mol. The summed E-state index contributed by atoms with van der Waals surface area (Å²) in [5.74, 6) is 0. The predicted octanol–water partition coefficient (Wildman–Crippen LogP) is 2.42. The summed E-state index contributed by atoms with van der Waals surface area (Å²) >= 11 is 0. The second kappa shape index (κ2) is 4.31. The largest absolute Gasteiger partial charge is 0.397 e. The highest BCUT2D eigenvalue weighted by molar-refractivity contribution is 5.96. The number of fused-ring (bicyclic) bond motifs is 1. The van der Waals surface area contributed by atoms with Crippen molar-refractivity contribution < 1.29 is 4.63 Å². The molecule has 3 rings (SSSR count). The van der Waals surface area contributed by atoms with Gasteiger partial charge >= 0.3 is 0 Å². The molecule has 2 aromatic carbocycles. The van der Waals surface area contributed by atoms with Gasteiger partial charge < -0.3 is 11.1 Å². The van der Waals surface area contributed by atoms with Crippen LogP contribution in [0.5, 0.6) is 0 Å². The fourth-order valence-electron chi connectivity index (χ4n) is 1.81. The summed E-state index contributed by atoms with van der Waals surface area (Å²) in [4.78, 5) is 0. The molecule has 0 bridgehead atoms. The second-order valence-corrected chi connectivity index (χ2v) is 3.98. The first-order valence-electron chi connectivity index (χ1n) is 5.56. The van der Waals surface area contributed by atoms with Gasteiger partial charge in [-0.05, 0) is 40.6 Å². The zero-order chi connectivity index (χ0) is 13.2. The molecular weight excluding hydrogens is 242 g/mol. The van der Waals surface area contributed by atoms with E-state index in [9.17, 15) is 0 Å². The summed E-state index contributed by atoms with van der Waals surface area (Å²) in [5.41, 5.74) is 9.44. The summed E-state index contributed by atoms with van der Waals surface area (Å²) in [7, 11) is 0. The van der Waals surface area contributed by atoms with Crippen LogP contribution in [0.1, 0.15) is 5.56 Å². The van der Waals surface area contributed by atoms with Gasteiger partial charge in [-0.2, -0.15) is 5.26 Å². The van der Waals surface area contributed by atoms with Crippen molar-refractivity contribution >= 4 is 28.1 Å². The Bertz CT molecular complexity index is 787. The summed E-state index contributed by atoms with van der Waals surface area (Å²) in [6.07, 6.45) is 0. The van der Waals surface area contributed by atoms with Crippen LogP contribution in [0.3, 0.4) is 0 Å². The van der Waals surface area contributed by atoms with Gasteiger partial charge in [-0.1, -0.05) is 6.07 Å². The van der Waals surface area contributed by atoms with Crippen LogP contribution in [0.2, 0.25) is 0 Å². The Morgan fingerprint density at radius 2 is 2.00 bits per heavy atom. The highest BCUT2D eigenvalue weighted by atomic mass is 16.6. The van der Waals surface area contributed by atoms with Gasteiger partial charge in [0, 0.05) is 5.69 Å². The molecule has 19 heavy (non-hydrogen) atoms. The van der Waals surface area contributed by atoms with E-state index >= 15 is 0 Å². The van der Waals surface area contributed by atoms with Crippen LogP contribution in [0.15, 0.2) is 41.0 Å². The minimum absolute atomic E-state index is 0.507. The number of hydrogen-bond acceptors (Lipinski definition) is 6. The van der Waals surface area contributed by atoms with Crippen molar-refractivity contribution in [3.8, 4) is 6.07 Å². The number of aromatic nitrogens is 2. The van der Waals surface area contributed by atoms with E-state index in [1.807, 2.05) is 6.07 Å². The lowest BCUT2D eigenvalue weighted by molar-refractivity contribution is 0.316. The molecule has 0 aliphatic heterocycles. The molecule has 0 amide bonds. The molecule has 92 valence electrons. The summed E-state index contributed by atoms with van der Waals surface area (Å²) < 4.78 is 4.70. The number of rotatable bonds is 2. The molecule has 1 aromatic heterocycles. The van der Waals surface area contributed by atoms with Crippen molar-refractivity contribution in [2.24, 2.45) is 0 Å². The first-order valence-corrected chi connectivity index (χ1v) is 5.56. The molecule has 6 heteroatoms. The van der Waals surface area contributed by atoms with Crippen molar-refractivity contribution in [3.05, 3.63) is 42.0 Å². The van der Waals surface area contributed by atoms with E-state index in [1.54, 1.807) is 30.3 Å². The normalized spacial score (nSPS) is 10.3. The molecule has 0 saturated heterocycles.